The number of hydrogen-bond donors (Lipinski definition) is 2. The van der Waals surface area contributed by atoms with Crippen molar-refractivity contribution >= 4 is 29.3 Å². The highest BCUT2D eigenvalue weighted by Crippen LogP contribution is 2.17. The van der Waals surface area contributed by atoms with Gasteiger partial charge >= 0.3 is 5.97 Å². The van der Waals surface area contributed by atoms with Gasteiger partial charge in [0.2, 0.25) is 5.91 Å². The Balaban J connectivity index is 1.89. The first-order valence-corrected chi connectivity index (χ1v) is 7.32. The van der Waals surface area contributed by atoms with E-state index in [9.17, 15) is 14.0 Å². The van der Waals surface area contributed by atoms with Gasteiger partial charge in [0.1, 0.15) is 5.82 Å². The lowest BCUT2D eigenvalue weighted by atomic mass is 10.2. The normalized spacial score (nSPS) is 10.3. The number of rotatable bonds is 5. The van der Waals surface area contributed by atoms with Crippen LogP contribution in [0, 0.1) is 12.7 Å². The molecular formula is C15H13FN2O3S. The van der Waals surface area contributed by atoms with E-state index in [2.05, 4.69) is 10.3 Å². The molecule has 0 aliphatic carbocycles. The second-order valence-electron chi connectivity index (χ2n) is 4.49. The van der Waals surface area contributed by atoms with E-state index in [1.165, 1.54) is 36.2 Å². The van der Waals surface area contributed by atoms with Gasteiger partial charge in [-0.2, -0.15) is 0 Å². The van der Waals surface area contributed by atoms with Gasteiger partial charge in [-0.1, -0.05) is 17.8 Å². The van der Waals surface area contributed by atoms with Gasteiger partial charge < -0.3 is 10.4 Å². The molecule has 1 aromatic heterocycles. The lowest BCUT2D eigenvalue weighted by molar-refractivity contribution is -0.113. The van der Waals surface area contributed by atoms with Crippen molar-refractivity contribution in [3.8, 4) is 0 Å². The van der Waals surface area contributed by atoms with E-state index in [4.69, 9.17) is 5.11 Å². The zero-order chi connectivity index (χ0) is 16.1. The van der Waals surface area contributed by atoms with E-state index in [-0.39, 0.29) is 23.0 Å². The maximum Gasteiger partial charge on any atom is 0.337 e. The van der Waals surface area contributed by atoms with E-state index in [1.54, 1.807) is 19.1 Å². The fourth-order valence-corrected chi connectivity index (χ4v) is 2.24. The second kappa shape index (κ2) is 7.04. The molecule has 0 radical (unpaired) electrons. The third-order valence-corrected chi connectivity index (χ3v) is 3.73. The van der Waals surface area contributed by atoms with Crippen molar-refractivity contribution < 1.29 is 19.1 Å². The van der Waals surface area contributed by atoms with Crippen molar-refractivity contribution in [3.63, 3.8) is 0 Å². The standard InChI is InChI=1S/C15H13FN2O3S/c1-9-2-4-11(6-12(9)16)18-13(19)8-22-14-5-3-10(7-17-14)15(20)21/h2-7H,8H2,1H3,(H,18,19)(H,20,21). The van der Waals surface area contributed by atoms with Crippen molar-refractivity contribution in [1.29, 1.82) is 0 Å². The molecule has 1 heterocycles. The SMILES string of the molecule is Cc1ccc(NC(=O)CSc2ccc(C(=O)O)cn2)cc1F. The number of carbonyl (C=O) groups is 2. The Kier molecular flexibility index (Phi) is 5.11. The van der Waals surface area contributed by atoms with Gasteiger partial charge in [-0.3, -0.25) is 4.79 Å². The van der Waals surface area contributed by atoms with Crippen LogP contribution in [0.15, 0.2) is 41.6 Å². The summed E-state index contributed by atoms with van der Waals surface area (Å²) in [5, 5.41) is 11.9. The number of hydrogen-bond acceptors (Lipinski definition) is 4. The van der Waals surface area contributed by atoms with Crippen molar-refractivity contribution in [3.05, 3.63) is 53.5 Å². The lowest BCUT2D eigenvalue weighted by Crippen LogP contribution is -2.14. The summed E-state index contributed by atoms with van der Waals surface area (Å²) in [6, 6.07) is 7.43. The van der Waals surface area contributed by atoms with Gasteiger partial charge in [0.25, 0.3) is 0 Å². The number of thioether (sulfide) groups is 1. The number of aryl methyl sites for hydroxylation is 1. The number of carbonyl (C=O) groups excluding carboxylic acids is 1. The summed E-state index contributed by atoms with van der Waals surface area (Å²) in [4.78, 5) is 26.4. The highest BCUT2D eigenvalue weighted by atomic mass is 32.2. The van der Waals surface area contributed by atoms with E-state index in [0.717, 1.165) is 0 Å². The molecular weight excluding hydrogens is 307 g/mol. The molecule has 0 fully saturated rings. The maximum absolute atomic E-state index is 13.4. The number of aromatic nitrogens is 1. The van der Waals surface area contributed by atoms with Crippen LogP contribution in [-0.2, 0) is 4.79 Å². The van der Waals surface area contributed by atoms with Crippen LogP contribution >= 0.6 is 11.8 Å². The summed E-state index contributed by atoms with van der Waals surface area (Å²) in [5.74, 6) is -1.63. The first-order chi connectivity index (χ1) is 10.5. The monoisotopic (exact) mass is 320 g/mol. The molecule has 2 aromatic rings. The summed E-state index contributed by atoms with van der Waals surface area (Å²) in [6.07, 6.45) is 1.23. The lowest BCUT2D eigenvalue weighted by Gasteiger charge is -2.06. The number of pyridine rings is 1. The van der Waals surface area contributed by atoms with E-state index in [1.807, 2.05) is 0 Å². The van der Waals surface area contributed by atoms with Crippen LogP contribution in [0.4, 0.5) is 10.1 Å². The summed E-state index contributed by atoms with van der Waals surface area (Å²) in [7, 11) is 0. The quantitative estimate of drug-likeness (QED) is 0.828. The highest BCUT2D eigenvalue weighted by Gasteiger charge is 2.07. The number of halogens is 1. The van der Waals surface area contributed by atoms with Crippen LogP contribution in [0.5, 0.6) is 0 Å². The predicted octanol–water partition coefficient (Wildman–Crippen LogP) is 2.96. The molecule has 0 saturated carbocycles. The smallest absolute Gasteiger partial charge is 0.337 e. The summed E-state index contributed by atoms with van der Waals surface area (Å²) < 4.78 is 13.4. The number of nitrogens with zero attached hydrogens (tertiary/aromatic N) is 1. The average molecular weight is 320 g/mol. The number of aromatic carboxylic acids is 1. The molecule has 7 heteroatoms. The molecule has 0 saturated heterocycles. The molecule has 1 aromatic carbocycles. The first-order valence-electron chi connectivity index (χ1n) is 6.34. The number of nitrogens with one attached hydrogen (secondary N) is 1. The van der Waals surface area contributed by atoms with Gasteiger partial charge in [0.15, 0.2) is 0 Å². The Morgan fingerprint density at radius 1 is 1.32 bits per heavy atom. The summed E-state index contributed by atoms with van der Waals surface area (Å²) >= 11 is 1.17. The van der Waals surface area contributed by atoms with Crippen molar-refractivity contribution in [1.82, 2.24) is 4.98 Å². The van der Waals surface area contributed by atoms with Crippen LogP contribution in [-0.4, -0.2) is 27.7 Å². The zero-order valence-electron chi connectivity index (χ0n) is 11.7. The van der Waals surface area contributed by atoms with Crippen molar-refractivity contribution in [2.75, 3.05) is 11.1 Å². The largest absolute Gasteiger partial charge is 0.478 e. The Bertz CT molecular complexity index is 704. The fourth-order valence-electron chi connectivity index (χ4n) is 1.60. The van der Waals surface area contributed by atoms with E-state index >= 15 is 0 Å². The molecule has 1 amide bonds. The Morgan fingerprint density at radius 2 is 2.09 bits per heavy atom. The molecule has 2 N–H and O–H groups in total. The summed E-state index contributed by atoms with van der Waals surface area (Å²) in [5.41, 5.74) is 0.988. The van der Waals surface area contributed by atoms with Gasteiger partial charge in [-0.15, -0.1) is 0 Å². The van der Waals surface area contributed by atoms with Crippen molar-refractivity contribution in [2.45, 2.75) is 11.9 Å². The zero-order valence-corrected chi connectivity index (χ0v) is 12.5. The van der Waals surface area contributed by atoms with Gasteiger partial charge in [0, 0.05) is 11.9 Å². The Labute approximate surface area is 130 Å². The van der Waals surface area contributed by atoms with Gasteiger partial charge in [0.05, 0.1) is 16.3 Å². The minimum Gasteiger partial charge on any atom is -0.478 e. The number of anilines is 1. The van der Waals surface area contributed by atoms with Crippen molar-refractivity contribution in [2.24, 2.45) is 0 Å². The molecule has 5 nitrogen and oxygen atoms in total. The van der Waals surface area contributed by atoms with Gasteiger partial charge in [-0.25, -0.2) is 14.2 Å². The van der Waals surface area contributed by atoms with Gasteiger partial charge in [-0.05, 0) is 36.8 Å². The van der Waals surface area contributed by atoms with E-state index in [0.29, 0.717) is 16.3 Å². The third kappa shape index (κ3) is 4.29. The first kappa shape index (κ1) is 16.0. The maximum atomic E-state index is 13.4. The molecule has 0 aliphatic heterocycles. The predicted molar refractivity (Wildman–Crippen MR) is 81.7 cm³/mol. The van der Waals surface area contributed by atoms with Crippen LogP contribution in [0.2, 0.25) is 0 Å². The second-order valence-corrected chi connectivity index (χ2v) is 5.49. The Morgan fingerprint density at radius 3 is 2.68 bits per heavy atom. The molecule has 0 unspecified atom stereocenters. The van der Waals surface area contributed by atoms with Crippen LogP contribution < -0.4 is 5.32 Å². The van der Waals surface area contributed by atoms with E-state index < -0.39 is 5.97 Å². The molecule has 114 valence electrons. The number of carboxylic acid groups (broad SMARTS) is 1. The highest BCUT2D eigenvalue weighted by molar-refractivity contribution is 7.99. The summed E-state index contributed by atoms with van der Waals surface area (Å²) in [6.45, 7) is 1.64. The third-order valence-electron chi connectivity index (χ3n) is 2.79. The number of amides is 1. The van der Waals surface area contributed by atoms with Crippen LogP contribution in [0.1, 0.15) is 15.9 Å². The molecule has 0 bridgehead atoms. The van der Waals surface area contributed by atoms with Crippen LogP contribution in [0.3, 0.4) is 0 Å². The molecule has 0 spiro atoms. The minimum absolute atomic E-state index is 0.0870. The molecule has 22 heavy (non-hydrogen) atoms. The molecule has 0 aliphatic rings. The molecule has 0 atom stereocenters. The Hall–Kier alpha value is -2.41. The molecule has 2 rings (SSSR count). The minimum atomic E-state index is -1.05. The van der Waals surface area contributed by atoms with Crippen LogP contribution in [0.25, 0.3) is 0 Å². The number of carboxylic acids is 1. The topological polar surface area (TPSA) is 79.3 Å². The average Bonchev–Trinajstić information content (AvgIpc) is 2.49. The fraction of sp³-hybridized carbons (Fsp3) is 0.133. The number of benzene rings is 1.